The molecule has 0 saturated carbocycles. The number of ether oxygens (including phenoxy) is 3. The molecule has 0 aliphatic carbocycles. The van der Waals surface area contributed by atoms with Crippen LogP contribution in [0, 0.1) is 11.3 Å². The number of hydrogen-bond donors (Lipinski definition) is 0. The summed E-state index contributed by atoms with van der Waals surface area (Å²) < 4.78 is 74.1. The maximum Gasteiger partial charge on any atom is 0.573 e. The van der Waals surface area contributed by atoms with E-state index in [4.69, 9.17) is 5.26 Å². The van der Waals surface area contributed by atoms with E-state index < -0.39 is 48.0 Å². The highest BCUT2D eigenvalue weighted by Gasteiger charge is 2.33. The van der Waals surface area contributed by atoms with Crippen LogP contribution in [0.3, 0.4) is 0 Å². The maximum absolute atomic E-state index is 12.4. The van der Waals surface area contributed by atoms with Crippen molar-refractivity contribution in [3.05, 3.63) is 23.3 Å². The first kappa shape index (κ1) is 18.5. The van der Waals surface area contributed by atoms with Crippen molar-refractivity contribution in [1.82, 2.24) is 0 Å². The lowest BCUT2D eigenvalue weighted by molar-refractivity contribution is -0.275. The smallest absolute Gasteiger partial charge is 0.466 e. The van der Waals surface area contributed by atoms with Crippen LogP contribution in [0.2, 0.25) is 0 Å². The van der Waals surface area contributed by atoms with Crippen LogP contribution in [-0.4, -0.2) is 25.6 Å². The Morgan fingerprint density at radius 1 is 1.30 bits per heavy atom. The van der Waals surface area contributed by atoms with Crippen LogP contribution in [-0.2, 0) is 16.0 Å². The van der Waals surface area contributed by atoms with Crippen molar-refractivity contribution in [2.45, 2.75) is 26.3 Å². The van der Waals surface area contributed by atoms with E-state index in [2.05, 4.69) is 14.2 Å². The van der Waals surface area contributed by atoms with Gasteiger partial charge in [-0.1, -0.05) is 0 Å². The Hall–Kier alpha value is -2.57. The van der Waals surface area contributed by atoms with Crippen LogP contribution < -0.4 is 9.47 Å². The van der Waals surface area contributed by atoms with Crippen molar-refractivity contribution in [3.8, 4) is 17.6 Å². The third-order valence-electron chi connectivity index (χ3n) is 2.41. The quantitative estimate of drug-likeness (QED) is 0.588. The maximum atomic E-state index is 12.4. The first-order valence-corrected chi connectivity index (χ1v) is 6.10. The monoisotopic (exact) mass is 339 g/mol. The molecule has 0 fully saturated rings. The summed E-state index contributed by atoms with van der Waals surface area (Å²) in [5, 5.41) is 9.01. The van der Waals surface area contributed by atoms with E-state index in [9.17, 15) is 26.7 Å². The predicted octanol–water partition coefficient (Wildman–Crippen LogP) is 3.16. The van der Waals surface area contributed by atoms with Crippen LogP contribution in [0.1, 0.15) is 18.1 Å². The van der Waals surface area contributed by atoms with Gasteiger partial charge in [0.25, 0.3) is 0 Å². The van der Waals surface area contributed by atoms with Gasteiger partial charge in [0.2, 0.25) is 0 Å². The molecule has 1 rings (SSSR count). The average molecular weight is 339 g/mol. The van der Waals surface area contributed by atoms with Gasteiger partial charge in [-0.05, 0) is 19.1 Å². The van der Waals surface area contributed by atoms with Gasteiger partial charge in [0.05, 0.1) is 13.0 Å². The van der Waals surface area contributed by atoms with Gasteiger partial charge in [-0.3, -0.25) is 4.79 Å². The molecule has 0 unspecified atom stereocenters. The summed E-state index contributed by atoms with van der Waals surface area (Å²) in [6.45, 7) is -1.89. The Balaban J connectivity index is 3.35. The van der Waals surface area contributed by atoms with Crippen LogP contribution in [0.15, 0.2) is 12.1 Å². The zero-order chi connectivity index (χ0) is 17.6. The van der Waals surface area contributed by atoms with Crippen molar-refractivity contribution in [3.63, 3.8) is 0 Å². The minimum absolute atomic E-state index is 0.0522. The fourth-order valence-corrected chi connectivity index (χ4v) is 1.68. The second kappa shape index (κ2) is 7.62. The number of rotatable bonds is 6. The molecule has 0 atom stereocenters. The molecule has 0 spiro atoms. The topological polar surface area (TPSA) is 68.6 Å². The largest absolute Gasteiger partial charge is 0.573 e. The normalized spacial score (nSPS) is 11.0. The molecule has 0 aliphatic heterocycles. The molecule has 0 N–H and O–H groups in total. The summed E-state index contributed by atoms with van der Waals surface area (Å²) >= 11 is 0. The van der Waals surface area contributed by atoms with E-state index in [1.807, 2.05) is 0 Å². The van der Waals surface area contributed by atoms with Gasteiger partial charge in [0, 0.05) is 5.56 Å². The first-order chi connectivity index (χ1) is 10.7. The molecule has 10 heteroatoms. The molecule has 0 aromatic heterocycles. The Morgan fingerprint density at radius 3 is 2.39 bits per heavy atom. The second-order valence-corrected chi connectivity index (χ2v) is 3.94. The minimum Gasteiger partial charge on any atom is -0.466 e. The fraction of sp³-hybridized carbons (Fsp3) is 0.385. The number of nitriles is 1. The predicted molar refractivity (Wildman–Crippen MR) is 64.8 cm³/mol. The Morgan fingerprint density at radius 2 is 1.91 bits per heavy atom. The summed E-state index contributed by atoms with van der Waals surface area (Å²) in [5.74, 6) is -2.50. The molecule has 0 aliphatic rings. The molecule has 0 amide bonds. The summed E-state index contributed by atoms with van der Waals surface area (Å²) in [5.41, 5.74) is -1.22. The number of nitrogens with zero attached hydrogens (tertiary/aromatic N) is 1. The molecule has 0 heterocycles. The Bertz CT molecular complexity index is 610. The van der Waals surface area contributed by atoms with E-state index in [0.29, 0.717) is 6.07 Å². The first-order valence-electron chi connectivity index (χ1n) is 6.10. The molecule has 126 valence electrons. The number of benzene rings is 1. The van der Waals surface area contributed by atoms with Crippen molar-refractivity contribution < 1.29 is 41.0 Å². The van der Waals surface area contributed by atoms with Crippen LogP contribution in [0.25, 0.3) is 0 Å². The van der Waals surface area contributed by atoms with Gasteiger partial charge in [-0.25, -0.2) is 0 Å². The van der Waals surface area contributed by atoms with E-state index in [1.54, 1.807) is 0 Å². The van der Waals surface area contributed by atoms with Crippen LogP contribution in [0.4, 0.5) is 22.0 Å². The number of halogens is 5. The molecular formula is C13H10F5NO4. The lowest BCUT2D eigenvalue weighted by Gasteiger charge is -2.16. The van der Waals surface area contributed by atoms with Gasteiger partial charge in [-0.2, -0.15) is 14.0 Å². The number of carbonyl (C=O) groups is 1. The number of esters is 1. The number of hydrogen-bond acceptors (Lipinski definition) is 5. The zero-order valence-electron chi connectivity index (χ0n) is 11.6. The molecule has 1 aromatic carbocycles. The third kappa shape index (κ3) is 5.61. The SMILES string of the molecule is CCOC(=O)Cc1c(OC(F)(F)F)ccc(OC(F)F)c1C#N. The lowest BCUT2D eigenvalue weighted by atomic mass is 10.0. The highest BCUT2D eigenvalue weighted by Crippen LogP contribution is 2.34. The molecular weight excluding hydrogens is 329 g/mol. The fourth-order valence-electron chi connectivity index (χ4n) is 1.68. The van der Waals surface area contributed by atoms with Gasteiger partial charge >= 0.3 is 18.9 Å². The highest BCUT2D eigenvalue weighted by molar-refractivity contribution is 5.75. The van der Waals surface area contributed by atoms with Gasteiger partial charge < -0.3 is 14.2 Å². The Labute approximate surface area is 127 Å². The molecule has 5 nitrogen and oxygen atoms in total. The van der Waals surface area contributed by atoms with Crippen LogP contribution >= 0.6 is 0 Å². The lowest BCUT2D eigenvalue weighted by Crippen LogP contribution is -2.20. The third-order valence-corrected chi connectivity index (χ3v) is 2.41. The molecule has 0 radical (unpaired) electrons. The Kier molecular flexibility index (Phi) is 6.12. The van der Waals surface area contributed by atoms with E-state index >= 15 is 0 Å². The summed E-state index contributed by atoms with van der Waals surface area (Å²) in [6.07, 6.45) is -5.87. The summed E-state index contributed by atoms with van der Waals surface area (Å²) in [4.78, 5) is 11.5. The van der Waals surface area contributed by atoms with Crippen molar-refractivity contribution in [1.29, 1.82) is 5.26 Å². The van der Waals surface area contributed by atoms with Gasteiger partial charge in [-0.15, -0.1) is 13.2 Å². The standard InChI is InChI=1S/C13H10F5NO4/c1-2-21-11(20)5-7-8(6-19)9(22-12(14)15)3-4-10(7)23-13(16,17)18/h3-4,12H,2,5H2,1H3. The molecule has 1 aromatic rings. The molecule has 23 heavy (non-hydrogen) atoms. The second-order valence-electron chi connectivity index (χ2n) is 3.94. The molecule has 0 bridgehead atoms. The van der Waals surface area contributed by atoms with Crippen molar-refractivity contribution in [2.24, 2.45) is 0 Å². The summed E-state index contributed by atoms with van der Waals surface area (Å²) in [6, 6.07) is 2.83. The van der Waals surface area contributed by atoms with Crippen molar-refractivity contribution >= 4 is 5.97 Å². The van der Waals surface area contributed by atoms with Gasteiger partial charge in [0.1, 0.15) is 23.1 Å². The van der Waals surface area contributed by atoms with Crippen molar-refractivity contribution in [2.75, 3.05) is 6.61 Å². The van der Waals surface area contributed by atoms with E-state index in [-0.39, 0.29) is 6.61 Å². The highest BCUT2D eigenvalue weighted by atomic mass is 19.4. The van der Waals surface area contributed by atoms with E-state index in [1.165, 1.54) is 13.0 Å². The van der Waals surface area contributed by atoms with Gasteiger partial charge in [0.15, 0.2) is 0 Å². The average Bonchev–Trinajstić information content (AvgIpc) is 2.40. The minimum atomic E-state index is -5.10. The summed E-state index contributed by atoms with van der Waals surface area (Å²) in [7, 11) is 0. The van der Waals surface area contributed by atoms with Crippen LogP contribution in [0.5, 0.6) is 11.5 Å². The number of carbonyl (C=O) groups excluding carboxylic acids is 1. The number of alkyl halides is 5. The van der Waals surface area contributed by atoms with E-state index in [0.717, 1.165) is 6.07 Å². The molecule has 0 saturated heterocycles. The zero-order valence-corrected chi connectivity index (χ0v) is 11.6.